The molecule has 1 aliphatic rings. The molecule has 1 aromatic rings. The number of alkyl halides is 3. The number of nitrogens with zero attached hydrogens (tertiary/aromatic N) is 1. The van der Waals surface area contributed by atoms with Crippen molar-refractivity contribution in [3.63, 3.8) is 0 Å². The molecule has 0 aliphatic carbocycles. The number of benzene rings is 1. The van der Waals surface area contributed by atoms with Gasteiger partial charge in [0.1, 0.15) is 5.75 Å². The monoisotopic (exact) mass is 345 g/mol. The summed E-state index contributed by atoms with van der Waals surface area (Å²) in [6.45, 7) is 1.44. The third-order valence-electron chi connectivity index (χ3n) is 3.69. The van der Waals surface area contributed by atoms with Crippen LogP contribution in [0.2, 0.25) is 0 Å². The van der Waals surface area contributed by atoms with Crippen molar-refractivity contribution in [2.45, 2.75) is 19.3 Å². The number of primary amides is 1. The highest BCUT2D eigenvalue weighted by atomic mass is 19.4. The Morgan fingerprint density at radius 2 is 1.96 bits per heavy atom. The molecule has 6 nitrogen and oxygen atoms in total. The van der Waals surface area contributed by atoms with Gasteiger partial charge < -0.3 is 15.8 Å². The van der Waals surface area contributed by atoms with Crippen molar-refractivity contribution in [2.75, 3.05) is 19.6 Å². The van der Waals surface area contributed by atoms with Crippen LogP contribution in [-0.4, -0.2) is 42.7 Å². The molecule has 0 spiro atoms. The summed E-state index contributed by atoms with van der Waals surface area (Å²) < 4.78 is 39.9. The van der Waals surface area contributed by atoms with Crippen LogP contribution >= 0.6 is 0 Å². The molecular formula is C15H18F3N3O3. The van der Waals surface area contributed by atoms with Gasteiger partial charge in [-0.05, 0) is 30.7 Å². The van der Waals surface area contributed by atoms with E-state index in [1.165, 1.54) is 24.3 Å². The Kier molecular flexibility index (Phi) is 5.66. The van der Waals surface area contributed by atoms with Crippen LogP contribution in [0.3, 0.4) is 0 Å². The lowest BCUT2D eigenvalue weighted by Gasteiger charge is -2.15. The topological polar surface area (TPSA) is 84.7 Å². The van der Waals surface area contributed by atoms with E-state index in [-0.39, 0.29) is 36.6 Å². The van der Waals surface area contributed by atoms with Gasteiger partial charge in [-0.25, -0.2) is 0 Å². The zero-order valence-electron chi connectivity index (χ0n) is 12.8. The predicted molar refractivity (Wildman–Crippen MR) is 78.7 cm³/mol. The van der Waals surface area contributed by atoms with Gasteiger partial charge in [-0.1, -0.05) is 12.1 Å². The summed E-state index contributed by atoms with van der Waals surface area (Å²) in [5.74, 6) is -1.12. The SMILES string of the molecule is NC(=O)C1CCN(CC(=O)NCc2ccc(OC(F)(F)F)cc2)C1. The zero-order chi connectivity index (χ0) is 17.7. The van der Waals surface area contributed by atoms with Crippen molar-refractivity contribution in [3.8, 4) is 5.75 Å². The fraction of sp³-hybridized carbons (Fsp3) is 0.467. The molecule has 0 saturated carbocycles. The smallest absolute Gasteiger partial charge is 0.406 e. The van der Waals surface area contributed by atoms with Gasteiger partial charge in [-0.2, -0.15) is 0 Å². The number of ether oxygens (including phenoxy) is 1. The zero-order valence-corrected chi connectivity index (χ0v) is 12.8. The number of hydrogen-bond acceptors (Lipinski definition) is 4. The maximum atomic E-state index is 12.1. The number of nitrogens with two attached hydrogens (primary N) is 1. The first-order chi connectivity index (χ1) is 11.2. The summed E-state index contributed by atoms with van der Waals surface area (Å²) in [5, 5.41) is 2.68. The van der Waals surface area contributed by atoms with E-state index >= 15 is 0 Å². The lowest BCUT2D eigenvalue weighted by molar-refractivity contribution is -0.274. The molecule has 3 N–H and O–H groups in total. The number of carbonyl (C=O) groups is 2. The van der Waals surface area contributed by atoms with Crippen molar-refractivity contribution in [2.24, 2.45) is 11.7 Å². The third-order valence-corrected chi connectivity index (χ3v) is 3.69. The second-order valence-corrected chi connectivity index (χ2v) is 5.59. The molecule has 0 aromatic heterocycles. The average molecular weight is 345 g/mol. The van der Waals surface area contributed by atoms with Crippen LogP contribution in [0.1, 0.15) is 12.0 Å². The molecule has 0 bridgehead atoms. The number of likely N-dealkylation sites (tertiary alicyclic amines) is 1. The molecule has 132 valence electrons. The molecule has 0 radical (unpaired) electrons. The van der Waals surface area contributed by atoms with Gasteiger partial charge in [0.2, 0.25) is 11.8 Å². The second kappa shape index (κ2) is 7.52. The van der Waals surface area contributed by atoms with Gasteiger partial charge >= 0.3 is 6.36 Å². The van der Waals surface area contributed by atoms with Crippen LogP contribution in [0.25, 0.3) is 0 Å². The van der Waals surface area contributed by atoms with Crippen LogP contribution in [0.4, 0.5) is 13.2 Å². The van der Waals surface area contributed by atoms with Gasteiger partial charge in [0.15, 0.2) is 0 Å². The predicted octanol–water partition coefficient (Wildman–Crippen LogP) is 1.01. The highest BCUT2D eigenvalue weighted by Crippen LogP contribution is 2.22. The summed E-state index contributed by atoms with van der Waals surface area (Å²) in [4.78, 5) is 24.8. The molecule has 1 heterocycles. The minimum Gasteiger partial charge on any atom is -0.406 e. The lowest BCUT2D eigenvalue weighted by Crippen LogP contribution is -2.36. The number of halogens is 3. The summed E-state index contributed by atoms with van der Waals surface area (Å²) in [6, 6.07) is 5.26. The molecule has 2 amide bonds. The molecule has 1 saturated heterocycles. The Labute approximate surface area is 136 Å². The van der Waals surface area contributed by atoms with E-state index in [1.54, 1.807) is 0 Å². The van der Waals surface area contributed by atoms with E-state index in [9.17, 15) is 22.8 Å². The second-order valence-electron chi connectivity index (χ2n) is 5.59. The summed E-state index contributed by atoms with van der Waals surface area (Å²) >= 11 is 0. The van der Waals surface area contributed by atoms with Crippen LogP contribution in [0.15, 0.2) is 24.3 Å². The van der Waals surface area contributed by atoms with Crippen LogP contribution in [0, 0.1) is 5.92 Å². The minimum atomic E-state index is -4.73. The third kappa shape index (κ3) is 5.73. The molecule has 1 aromatic carbocycles. The molecule has 1 unspecified atom stereocenters. The van der Waals surface area contributed by atoms with Crippen molar-refractivity contribution in [3.05, 3.63) is 29.8 Å². The Morgan fingerprint density at radius 3 is 2.50 bits per heavy atom. The first-order valence-electron chi connectivity index (χ1n) is 7.36. The van der Waals surface area contributed by atoms with E-state index in [2.05, 4.69) is 10.1 Å². The summed E-state index contributed by atoms with van der Waals surface area (Å²) in [7, 11) is 0. The van der Waals surface area contributed by atoms with Gasteiger partial charge in [-0.3, -0.25) is 14.5 Å². The van der Waals surface area contributed by atoms with Crippen molar-refractivity contribution >= 4 is 11.8 Å². The highest BCUT2D eigenvalue weighted by molar-refractivity contribution is 5.79. The van der Waals surface area contributed by atoms with E-state index in [4.69, 9.17) is 5.73 Å². The van der Waals surface area contributed by atoms with Crippen molar-refractivity contribution in [1.82, 2.24) is 10.2 Å². The average Bonchev–Trinajstić information content (AvgIpc) is 2.93. The molecule has 24 heavy (non-hydrogen) atoms. The van der Waals surface area contributed by atoms with Crippen molar-refractivity contribution in [1.29, 1.82) is 0 Å². The number of rotatable bonds is 6. The molecule has 1 aliphatic heterocycles. The van der Waals surface area contributed by atoms with E-state index < -0.39 is 6.36 Å². The highest BCUT2D eigenvalue weighted by Gasteiger charge is 2.31. The number of carbonyl (C=O) groups excluding carboxylic acids is 2. The molecule has 1 fully saturated rings. The van der Waals surface area contributed by atoms with Crippen molar-refractivity contribution < 1.29 is 27.5 Å². The summed E-state index contributed by atoms with van der Waals surface area (Å²) in [6.07, 6.45) is -4.09. The Hall–Kier alpha value is -2.29. The lowest BCUT2D eigenvalue weighted by atomic mass is 10.1. The van der Waals surface area contributed by atoms with Gasteiger partial charge in [0.05, 0.1) is 12.5 Å². The largest absolute Gasteiger partial charge is 0.573 e. The van der Waals surface area contributed by atoms with Gasteiger partial charge in [0, 0.05) is 13.1 Å². The number of nitrogens with one attached hydrogen (secondary N) is 1. The molecule has 9 heteroatoms. The van der Waals surface area contributed by atoms with E-state index in [0.717, 1.165) is 0 Å². The Balaban J connectivity index is 1.75. The quantitative estimate of drug-likeness (QED) is 0.806. The normalized spacial score (nSPS) is 18.4. The number of hydrogen-bond donors (Lipinski definition) is 2. The first-order valence-corrected chi connectivity index (χ1v) is 7.36. The minimum absolute atomic E-state index is 0.152. The van der Waals surface area contributed by atoms with Crippen LogP contribution in [-0.2, 0) is 16.1 Å². The van der Waals surface area contributed by atoms with Gasteiger partial charge in [0.25, 0.3) is 0 Å². The Morgan fingerprint density at radius 1 is 1.29 bits per heavy atom. The first kappa shape index (κ1) is 18.1. The summed E-state index contributed by atoms with van der Waals surface area (Å²) in [5.41, 5.74) is 5.88. The fourth-order valence-corrected chi connectivity index (χ4v) is 2.48. The molecule has 1 atom stereocenters. The van der Waals surface area contributed by atoms with E-state index in [0.29, 0.717) is 25.1 Å². The van der Waals surface area contributed by atoms with E-state index in [1.807, 2.05) is 4.90 Å². The van der Waals surface area contributed by atoms with Crippen LogP contribution in [0.5, 0.6) is 5.75 Å². The maximum Gasteiger partial charge on any atom is 0.573 e. The fourth-order valence-electron chi connectivity index (χ4n) is 2.48. The molecular weight excluding hydrogens is 327 g/mol. The number of amides is 2. The maximum absolute atomic E-state index is 12.1. The standard InChI is InChI=1S/C15H18F3N3O3/c16-15(17,18)24-12-3-1-10(2-4-12)7-20-13(22)9-21-6-5-11(8-21)14(19)23/h1-4,11H,5-9H2,(H2,19,23)(H,20,22). The van der Waals surface area contributed by atoms with Crippen LogP contribution < -0.4 is 15.8 Å². The Bertz CT molecular complexity index is 590. The molecule has 2 rings (SSSR count). The van der Waals surface area contributed by atoms with Gasteiger partial charge in [-0.15, -0.1) is 13.2 Å².